The first-order valence-electron chi connectivity index (χ1n) is 16.7. The Bertz CT molecular complexity index is 2450. The van der Waals surface area contributed by atoms with Gasteiger partial charge in [0.1, 0.15) is 46.7 Å². The number of ether oxygens (including phenoxy) is 1. The number of hydrogen-bond donors (Lipinski definition) is 10. The number of benzene rings is 1. The van der Waals surface area contributed by atoms with E-state index >= 15 is 0 Å². The topological polar surface area (TPSA) is 440 Å². The number of nitrogen functional groups attached to an aromatic ring is 1. The van der Waals surface area contributed by atoms with Gasteiger partial charge in [0.15, 0.2) is 23.2 Å². The molecule has 1 aromatic carbocycles. The normalized spacial score (nSPS) is 21.7. The SMILES string of the molecule is CC(COP(=O)(O)OP(=O)(O)OC[C@H]1O[C@@H](n2cnc3c(N)ncnc32)[C@H](O)[C@@H]1OP(=O)(O)O)C(O)C(=O)NCCNC(=O)CCSc1ccc(S(=O)(=O)O)c2nonc12. The number of aliphatic hydroxyl groups excluding tert-OH is 2. The van der Waals surface area contributed by atoms with Gasteiger partial charge in [-0.1, -0.05) is 6.92 Å². The van der Waals surface area contributed by atoms with Crippen LogP contribution in [0.25, 0.3) is 22.2 Å². The number of amides is 2. The first-order chi connectivity index (χ1) is 28.0. The van der Waals surface area contributed by atoms with Crippen LogP contribution in [0, 0.1) is 5.92 Å². The monoisotopic (exact) mass is 951 g/mol. The molecular weight excluding hydrogens is 915 g/mol. The highest BCUT2D eigenvalue weighted by molar-refractivity contribution is 7.99. The zero-order valence-electron chi connectivity index (χ0n) is 30.4. The van der Waals surface area contributed by atoms with Gasteiger partial charge in [-0.3, -0.25) is 32.3 Å². The van der Waals surface area contributed by atoms with Gasteiger partial charge >= 0.3 is 23.5 Å². The molecule has 1 aliphatic rings. The third kappa shape index (κ3) is 12.3. The number of phosphoric ester groups is 3. The second-order valence-electron chi connectivity index (χ2n) is 12.5. The van der Waals surface area contributed by atoms with E-state index in [1.807, 2.05) is 0 Å². The standard InChI is InChI=1S/C26H36N9O20P3S2/c1-12(20(37)25(39)29-6-5-28-16(36)4-7-59-14-2-3-15(60(47,48)49)18-17(14)33-54-34-18)8-50-57(43,44)55-58(45,46)51-9-13-22(53-56(40,41)42)21(38)26(52-13)35-11-32-19-23(27)30-10-31-24(19)35/h2-3,10-13,20-22,26,37-38H,4-9H2,1H3,(H,28,36)(H,29,39)(H,43,44)(H,45,46)(H2,27,30,31)(H2,40,41,42)(H,47,48,49)/t12?,13-,20?,21-,22-,26-/m1/s1. The van der Waals surface area contributed by atoms with E-state index in [1.165, 1.54) is 13.0 Å². The van der Waals surface area contributed by atoms with Crippen molar-refractivity contribution < 1.29 is 93.3 Å². The number of nitrogens with zero attached hydrogens (tertiary/aromatic N) is 6. The van der Waals surface area contributed by atoms with Gasteiger partial charge in [-0.15, -0.1) is 11.8 Å². The molecule has 3 aromatic heterocycles. The number of nitrogens with one attached hydrogen (secondary N) is 2. The third-order valence-electron chi connectivity index (χ3n) is 8.10. The molecule has 8 atom stereocenters. The number of aliphatic hydroxyl groups is 2. The molecule has 0 saturated carbocycles. The van der Waals surface area contributed by atoms with Crippen molar-refractivity contribution in [2.45, 2.75) is 53.8 Å². The number of phosphoric acid groups is 3. The van der Waals surface area contributed by atoms with Crippen molar-refractivity contribution in [1.82, 2.24) is 40.5 Å². The Morgan fingerprint density at radius 2 is 1.70 bits per heavy atom. The van der Waals surface area contributed by atoms with Crippen molar-refractivity contribution >= 4 is 85.2 Å². The van der Waals surface area contributed by atoms with Crippen LogP contribution in [-0.4, -0.2) is 141 Å². The van der Waals surface area contributed by atoms with Crippen LogP contribution in [0.15, 0.2) is 39.2 Å². The number of thioether (sulfide) groups is 1. The zero-order chi connectivity index (χ0) is 44.2. The Morgan fingerprint density at radius 1 is 1.02 bits per heavy atom. The summed E-state index contributed by atoms with van der Waals surface area (Å²) in [6, 6.07) is 2.47. The number of hydrogen-bond acceptors (Lipinski definition) is 22. The van der Waals surface area contributed by atoms with Crippen molar-refractivity contribution in [3.05, 3.63) is 24.8 Å². The van der Waals surface area contributed by atoms with Gasteiger partial charge in [0.05, 0.1) is 19.5 Å². The summed E-state index contributed by atoms with van der Waals surface area (Å²) in [4.78, 5) is 75.4. The van der Waals surface area contributed by atoms with E-state index in [0.717, 1.165) is 35.0 Å². The van der Waals surface area contributed by atoms with Crippen LogP contribution in [0.2, 0.25) is 0 Å². The molecule has 0 radical (unpaired) electrons. The molecular formula is C26H36N9O20P3S2. The summed E-state index contributed by atoms with van der Waals surface area (Å²) in [6.07, 6.45) is -6.83. The van der Waals surface area contributed by atoms with E-state index in [1.54, 1.807) is 0 Å². The van der Waals surface area contributed by atoms with Gasteiger partial charge < -0.3 is 50.9 Å². The van der Waals surface area contributed by atoms with E-state index in [4.69, 9.17) is 15.0 Å². The lowest BCUT2D eigenvalue weighted by Gasteiger charge is -2.23. The summed E-state index contributed by atoms with van der Waals surface area (Å²) in [6.45, 7) is -1.06. The Labute approximate surface area is 340 Å². The quantitative estimate of drug-likeness (QED) is 0.0198. The molecule has 0 aliphatic carbocycles. The minimum Gasteiger partial charge on any atom is -0.386 e. The highest BCUT2D eigenvalue weighted by Crippen LogP contribution is 2.61. The Balaban J connectivity index is 1.03. The maximum atomic E-state index is 12.6. The van der Waals surface area contributed by atoms with Gasteiger partial charge in [-0.25, -0.2) is 33.3 Å². The van der Waals surface area contributed by atoms with E-state index in [2.05, 4.69) is 53.9 Å². The molecule has 332 valence electrons. The number of rotatable bonds is 21. The summed E-state index contributed by atoms with van der Waals surface area (Å²) in [5.74, 6) is -2.51. The van der Waals surface area contributed by atoms with Crippen LogP contribution < -0.4 is 16.4 Å². The van der Waals surface area contributed by atoms with Crippen molar-refractivity contribution in [2.24, 2.45) is 5.92 Å². The number of aromatic nitrogens is 6. The van der Waals surface area contributed by atoms with Crippen LogP contribution in [0.1, 0.15) is 19.6 Å². The van der Waals surface area contributed by atoms with E-state index in [9.17, 15) is 66.0 Å². The minimum atomic E-state index is -5.58. The molecule has 2 amide bonds. The first kappa shape index (κ1) is 47.5. The zero-order valence-corrected chi connectivity index (χ0v) is 34.7. The Hall–Kier alpha value is -3.58. The van der Waals surface area contributed by atoms with E-state index in [-0.39, 0.29) is 53.3 Å². The molecule has 4 heterocycles. The van der Waals surface area contributed by atoms with Crippen molar-refractivity contribution in [3.63, 3.8) is 0 Å². The average Bonchev–Trinajstić information content (AvgIpc) is 3.88. The number of imidazole rings is 1. The predicted octanol–water partition coefficient (Wildman–Crippen LogP) is -1.41. The smallest absolute Gasteiger partial charge is 0.386 e. The lowest BCUT2D eigenvalue weighted by atomic mass is 10.1. The number of nitrogens with two attached hydrogens (primary N) is 1. The lowest BCUT2D eigenvalue weighted by molar-refractivity contribution is -0.132. The van der Waals surface area contributed by atoms with Crippen molar-refractivity contribution in [3.8, 4) is 0 Å². The highest BCUT2D eigenvalue weighted by Gasteiger charge is 2.50. The second-order valence-corrected chi connectivity index (χ2v) is 19.2. The van der Waals surface area contributed by atoms with Crippen molar-refractivity contribution in [1.29, 1.82) is 0 Å². The van der Waals surface area contributed by atoms with Crippen molar-refractivity contribution in [2.75, 3.05) is 37.8 Å². The van der Waals surface area contributed by atoms with Crippen LogP contribution >= 0.6 is 35.2 Å². The predicted molar refractivity (Wildman–Crippen MR) is 197 cm³/mol. The van der Waals surface area contributed by atoms with E-state index in [0.29, 0.717) is 4.90 Å². The maximum absolute atomic E-state index is 12.6. The minimum absolute atomic E-state index is 0.0180. The Kier molecular flexibility index (Phi) is 15.2. The van der Waals surface area contributed by atoms with Gasteiger partial charge in [-0.2, -0.15) is 12.7 Å². The van der Waals surface area contributed by atoms with Crippen LogP contribution in [0.4, 0.5) is 5.82 Å². The summed E-state index contributed by atoms with van der Waals surface area (Å²) in [7, 11) is -21.0. The summed E-state index contributed by atoms with van der Waals surface area (Å²) in [5.41, 5.74) is 5.73. The fourth-order valence-corrected chi connectivity index (χ4v) is 9.63. The fourth-order valence-electron chi connectivity index (χ4n) is 5.32. The third-order valence-corrected chi connectivity index (χ3v) is 13.2. The van der Waals surface area contributed by atoms with Crippen LogP contribution in [-0.2, 0) is 56.0 Å². The largest absolute Gasteiger partial charge is 0.481 e. The maximum Gasteiger partial charge on any atom is 0.481 e. The van der Waals surface area contributed by atoms with Crippen LogP contribution in [0.3, 0.4) is 0 Å². The van der Waals surface area contributed by atoms with E-state index < -0.39 is 100 Å². The van der Waals surface area contributed by atoms with Gasteiger partial charge in [0.2, 0.25) is 11.8 Å². The number of carbonyl (C=O) groups is 2. The summed E-state index contributed by atoms with van der Waals surface area (Å²) in [5, 5.41) is 33.2. The van der Waals surface area contributed by atoms with Crippen LogP contribution in [0.5, 0.6) is 0 Å². The molecule has 29 nitrogen and oxygen atoms in total. The van der Waals surface area contributed by atoms with Gasteiger partial charge in [0.25, 0.3) is 10.1 Å². The highest BCUT2D eigenvalue weighted by atomic mass is 32.2. The average molecular weight is 952 g/mol. The molecule has 11 N–H and O–H groups in total. The molecule has 1 fully saturated rings. The lowest BCUT2D eigenvalue weighted by Crippen LogP contribution is -2.43. The summed E-state index contributed by atoms with van der Waals surface area (Å²) >= 11 is 1.12. The molecule has 60 heavy (non-hydrogen) atoms. The molecule has 0 spiro atoms. The first-order valence-corrected chi connectivity index (χ1v) is 23.7. The number of anilines is 1. The molecule has 4 unspecified atom stereocenters. The summed E-state index contributed by atoms with van der Waals surface area (Å²) < 4.78 is 98.7. The fraction of sp³-hybridized carbons (Fsp3) is 0.500. The molecule has 1 aliphatic heterocycles. The van der Waals surface area contributed by atoms with Gasteiger partial charge in [0, 0.05) is 36.1 Å². The molecule has 34 heteroatoms. The van der Waals surface area contributed by atoms with Gasteiger partial charge in [-0.05, 0) is 22.4 Å². The molecule has 4 aromatic rings. The molecule has 5 rings (SSSR count). The number of carbonyl (C=O) groups excluding carboxylic acids is 2. The number of fused-ring (bicyclic) bond motifs is 2. The Morgan fingerprint density at radius 3 is 2.40 bits per heavy atom. The second kappa shape index (κ2) is 19.2. The molecule has 1 saturated heterocycles. The molecule has 0 bridgehead atoms.